The Kier molecular flexibility index (Phi) is 5.46. The first-order valence-electron chi connectivity index (χ1n) is 7.82. The largest absolute Gasteiger partial charge is 0.378 e. The van der Waals surface area contributed by atoms with Gasteiger partial charge in [0.25, 0.3) is 0 Å². The minimum absolute atomic E-state index is 0.388. The zero-order valence-corrected chi connectivity index (χ0v) is 11.9. The highest BCUT2D eigenvalue weighted by Crippen LogP contribution is 2.34. The van der Waals surface area contributed by atoms with Crippen LogP contribution in [0.4, 0.5) is 0 Å². The van der Waals surface area contributed by atoms with Gasteiger partial charge >= 0.3 is 0 Å². The molecule has 2 rings (SSSR count). The topological polar surface area (TPSA) is 47.3 Å². The van der Waals surface area contributed by atoms with E-state index in [2.05, 4.69) is 12.2 Å². The average Bonchev–Trinajstić information content (AvgIpc) is 2.87. The lowest BCUT2D eigenvalue weighted by Crippen LogP contribution is -2.43. The fourth-order valence-corrected chi connectivity index (χ4v) is 3.66. The summed E-state index contributed by atoms with van der Waals surface area (Å²) in [4.78, 5) is 0. The van der Waals surface area contributed by atoms with Crippen LogP contribution >= 0.6 is 0 Å². The number of ether oxygens (including phenoxy) is 1. The van der Waals surface area contributed by atoms with Crippen LogP contribution < -0.4 is 11.1 Å². The summed E-state index contributed by atoms with van der Waals surface area (Å²) >= 11 is 0. The molecule has 3 heteroatoms. The minimum Gasteiger partial charge on any atom is -0.378 e. The Morgan fingerprint density at radius 2 is 2.06 bits per heavy atom. The van der Waals surface area contributed by atoms with E-state index in [9.17, 15) is 0 Å². The summed E-state index contributed by atoms with van der Waals surface area (Å²) in [7, 11) is 0. The van der Waals surface area contributed by atoms with Crippen LogP contribution in [-0.2, 0) is 4.74 Å². The zero-order valence-electron chi connectivity index (χ0n) is 11.9. The summed E-state index contributed by atoms with van der Waals surface area (Å²) in [6.07, 6.45) is 9.61. The van der Waals surface area contributed by atoms with Crippen LogP contribution in [0.2, 0.25) is 0 Å². The Hall–Kier alpha value is -0.120. The van der Waals surface area contributed by atoms with E-state index >= 15 is 0 Å². The minimum atomic E-state index is 0.388. The monoisotopic (exact) mass is 254 g/mol. The molecule has 0 spiro atoms. The Labute approximate surface area is 112 Å². The molecule has 3 N–H and O–H groups in total. The van der Waals surface area contributed by atoms with Gasteiger partial charge in [-0.1, -0.05) is 26.2 Å². The van der Waals surface area contributed by atoms with E-state index < -0.39 is 0 Å². The Balaban J connectivity index is 1.73. The van der Waals surface area contributed by atoms with Crippen LogP contribution in [0.1, 0.15) is 51.9 Å². The molecule has 1 aliphatic carbocycles. The smallest absolute Gasteiger partial charge is 0.0613 e. The van der Waals surface area contributed by atoms with Crippen molar-refractivity contribution in [1.29, 1.82) is 0 Å². The number of rotatable bonds is 6. The van der Waals surface area contributed by atoms with Crippen LogP contribution in [0, 0.1) is 11.3 Å². The highest BCUT2D eigenvalue weighted by molar-refractivity contribution is 4.87. The highest BCUT2D eigenvalue weighted by Gasteiger charge is 2.31. The molecule has 1 saturated carbocycles. The molecule has 0 radical (unpaired) electrons. The van der Waals surface area contributed by atoms with Crippen molar-refractivity contribution in [3.63, 3.8) is 0 Å². The van der Waals surface area contributed by atoms with E-state index in [4.69, 9.17) is 10.5 Å². The lowest BCUT2D eigenvalue weighted by Gasteiger charge is -2.37. The number of hydrogen-bond donors (Lipinski definition) is 2. The predicted molar refractivity (Wildman–Crippen MR) is 75.6 cm³/mol. The molecule has 18 heavy (non-hydrogen) atoms. The van der Waals surface area contributed by atoms with E-state index in [1.165, 1.54) is 38.5 Å². The lowest BCUT2D eigenvalue weighted by molar-refractivity contribution is 0.0856. The molecule has 1 heterocycles. The molecule has 0 aromatic carbocycles. The van der Waals surface area contributed by atoms with Gasteiger partial charge in [0.1, 0.15) is 0 Å². The predicted octanol–water partition coefficient (Wildman–Crippen LogP) is 2.30. The van der Waals surface area contributed by atoms with Crippen molar-refractivity contribution in [3.05, 3.63) is 0 Å². The second kappa shape index (κ2) is 6.88. The molecule has 2 aliphatic rings. The second-order valence-corrected chi connectivity index (χ2v) is 6.26. The van der Waals surface area contributed by atoms with Gasteiger partial charge in [0.15, 0.2) is 0 Å². The normalized spacial score (nSPS) is 31.7. The maximum Gasteiger partial charge on any atom is 0.0613 e. The van der Waals surface area contributed by atoms with E-state index in [1.54, 1.807) is 0 Å². The quantitative estimate of drug-likeness (QED) is 0.764. The summed E-state index contributed by atoms with van der Waals surface area (Å²) < 4.78 is 5.74. The number of nitrogens with one attached hydrogen (secondary N) is 1. The molecule has 3 nitrogen and oxygen atoms in total. The lowest BCUT2D eigenvalue weighted by atomic mass is 9.74. The zero-order chi connectivity index (χ0) is 12.8. The molecular formula is C15H30N2O. The molecule has 106 valence electrons. The van der Waals surface area contributed by atoms with Crippen molar-refractivity contribution in [1.82, 2.24) is 5.32 Å². The van der Waals surface area contributed by atoms with Crippen molar-refractivity contribution in [3.8, 4) is 0 Å². The number of hydrogen-bond acceptors (Lipinski definition) is 3. The molecule has 0 bridgehead atoms. The first-order chi connectivity index (χ1) is 8.79. The summed E-state index contributed by atoms with van der Waals surface area (Å²) in [6, 6.07) is 0. The van der Waals surface area contributed by atoms with Gasteiger partial charge in [0.05, 0.1) is 6.10 Å². The molecule has 0 aromatic rings. The van der Waals surface area contributed by atoms with E-state index in [1.807, 2.05) is 0 Å². The van der Waals surface area contributed by atoms with Crippen LogP contribution in [0.3, 0.4) is 0 Å². The average molecular weight is 254 g/mol. The highest BCUT2D eigenvalue weighted by atomic mass is 16.5. The van der Waals surface area contributed by atoms with Gasteiger partial charge in [-0.2, -0.15) is 0 Å². The van der Waals surface area contributed by atoms with Gasteiger partial charge in [-0.25, -0.2) is 0 Å². The summed E-state index contributed by atoms with van der Waals surface area (Å²) in [6.45, 7) is 6.24. The van der Waals surface area contributed by atoms with Crippen molar-refractivity contribution < 1.29 is 4.74 Å². The van der Waals surface area contributed by atoms with Crippen molar-refractivity contribution in [2.45, 2.75) is 58.0 Å². The first-order valence-corrected chi connectivity index (χ1v) is 7.82. The van der Waals surface area contributed by atoms with E-state index in [0.717, 1.165) is 32.7 Å². The Morgan fingerprint density at radius 3 is 2.72 bits per heavy atom. The fraction of sp³-hybridized carbons (Fsp3) is 1.00. The van der Waals surface area contributed by atoms with Gasteiger partial charge in [-0.15, -0.1) is 0 Å². The van der Waals surface area contributed by atoms with Gasteiger partial charge in [0, 0.05) is 19.7 Å². The van der Waals surface area contributed by atoms with E-state index in [0.29, 0.717) is 17.4 Å². The van der Waals surface area contributed by atoms with Crippen LogP contribution in [0.5, 0.6) is 0 Å². The van der Waals surface area contributed by atoms with Crippen molar-refractivity contribution in [2.75, 3.05) is 26.2 Å². The summed E-state index contributed by atoms with van der Waals surface area (Å²) in [5.74, 6) is 0.716. The summed E-state index contributed by atoms with van der Waals surface area (Å²) in [5.41, 5.74) is 6.41. The van der Waals surface area contributed by atoms with Crippen LogP contribution in [0.25, 0.3) is 0 Å². The van der Waals surface area contributed by atoms with Crippen molar-refractivity contribution in [2.24, 2.45) is 17.1 Å². The standard InChI is InChI=1S/C15H30N2O/c1-2-14-13(6-9-18-14)10-17-12-15(11-16)7-4-3-5-8-15/h13-14,17H,2-12,16H2,1H3. The maximum absolute atomic E-state index is 6.02. The second-order valence-electron chi connectivity index (χ2n) is 6.26. The number of nitrogens with two attached hydrogens (primary N) is 1. The molecule has 2 unspecified atom stereocenters. The first kappa shape index (κ1) is 14.3. The van der Waals surface area contributed by atoms with Gasteiger partial charge < -0.3 is 15.8 Å². The third-order valence-electron chi connectivity index (χ3n) is 5.00. The van der Waals surface area contributed by atoms with Gasteiger partial charge in [0.2, 0.25) is 0 Å². The van der Waals surface area contributed by atoms with Crippen LogP contribution in [-0.4, -0.2) is 32.3 Å². The Bertz CT molecular complexity index is 239. The molecule has 2 atom stereocenters. The third kappa shape index (κ3) is 3.46. The van der Waals surface area contributed by atoms with Gasteiger partial charge in [-0.05, 0) is 43.6 Å². The Morgan fingerprint density at radius 1 is 1.28 bits per heavy atom. The maximum atomic E-state index is 6.02. The molecule has 0 amide bonds. The molecule has 1 aliphatic heterocycles. The molecule has 1 saturated heterocycles. The fourth-order valence-electron chi connectivity index (χ4n) is 3.66. The molecule has 2 fully saturated rings. The van der Waals surface area contributed by atoms with Crippen molar-refractivity contribution >= 4 is 0 Å². The summed E-state index contributed by atoms with van der Waals surface area (Å²) in [5, 5.41) is 3.69. The van der Waals surface area contributed by atoms with Crippen LogP contribution in [0.15, 0.2) is 0 Å². The molecular weight excluding hydrogens is 224 g/mol. The SMILES string of the molecule is CCC1OCCC1CNCC1(CN)CCCCC1. The van der Waals surface area contributed by atoms with E-state index in [-0.39, 0.29) is 0 Å². The molecule has 0 aromatic heterocycles. The van der Waals surface area contributed by atoms with Gasteiger partial charge in [-0.3, -0.25) is 0 Å². The third-order valence-corrected chi connectivity index (χ3v) is 5.00.